The van der Waals surface area contributed by atoms with Crippen LogP contribution in [0.25, 0.3) is 12.2 Å². The summed E-state index contributed by atoms with van der Waals surface area (Å²) in [4.78, 5) is 12.2. The highest BCUT2D eigenvalue weighted by Gasteiger charge is 2.11. The van der Waals surface area contributed by atoms with Gasteiger partial charge in [-0.25, -0.2) is 4.79 Å². The molecule has 3 aromatic rings. The molecule has 0 aliphatic rings. The Labute approximate surface area is 177 Å². The van der Waals surface area contributed by atoms with Crippen LogP contribution in [0.2, 0.25) is 0 Å². The van der Waals surface area contributed by atoms with Gasteiger partial charge in [-0.1, -0.05) is 74.5 Å². The van der Waals surface area contributed by atoms with Gasteiger partial charge in [0.15, 0.2) is 18.1 Å². The molecule has 0 fully saturated rings. The van der Waals surface area contributed by atoms with E-state index in [4.69, 9.17) is 14.2 Å². The Morgan fingerprint density at radius 1 is 0.867 bits per heavy atom. The lowest BCUT2D eigenvalue weighted by Gasteiger charge is -2.11. The van der Waals surface area contributed by atoms with E-state index in [9.17, 15) is 4.79 Å². The molecule has 0 amide bonds. The molecule has 0 heterocycles. The standard InChI is InChI=1S/C26H26O4/c1-19(2)22-12-14-23(15-13-22)29-18-26(27)30-24-16-11-21(17-25(24)28-3)10-9-20-7-5-4-6-8-20/h4-17,19H,18H2,1-3H3. The number of benzene rings is 3. The van der Waals surface area contributed by atoms with Crippen LogP contribution in [0.15, 0.2) is 72.8 Å². The lowest BCUT2D eigenvalue weighted by atomic mass is 10.0. The minimum absolute atomic E-state index is 0.181. The van der Waals surface area contributed by atoms with Crippen molar-refractivity contribution in [3.63, 3.8) is 0 Å². The molecule has 0 saturated heterocycles. The monoisotopic (exact) mass is 402 g/mol. The van der Waals surface area contributed by atoms with Gasteiger partial charge >= 0.3 is 5.97 Å². The fraction of sp³-hybridized carbons (Fsp3) is 0.192. The van der Waals surface area contributed by atoms with Crippen LogP contribution in [-0.2, 0) is 4.79 Å². The van der Waals surface area contributed by atoms with Crippen molar-refractivity contribution in [3.8, 4) is 17.2 Å². The van der Waals surface area contributed by atoms with E-state index in [0.717, 1.165) is 11.1 Å². The number of carbonyl (C=O) groups is 1. The van der Waals surface area contributed by atoms with E-state index in [1.54, 1.807) is 13.2 Å². The van der Waals surface area contributed by atoms with E-state index in [0.29, 0.717) is 23.2 Å². The first-order valence-corrected chi connectivity index (χ1v) is 9.90. The Bertz CT molecular complexity index is 989. The maximum absolute atomic E-state index is 12.2. The summed E-state index contributed by atoms with van der Waals surface area (Å²) in [6.07, 6.45) is 3.99. The Morgan fingerprint density at radius 3 is 2.23 bits per heavy atom. The summed E-state index contributed by atoms with van der Waals surface area (Å²) >= 11 is 0. The molecule has 0 radical (unpaired) electrons. The molecular weight excluding hydrogens is 376 g/mol. The number of ether oxygens (including phenoxy) is 3. The van der Waals surface area contributed by atoms with Crippen molar-refractivity contribution in [2.45, 2.75) is 19.8 Å². The second-order valence-electron chi connectivity index (χ2n) is 7.14. The number of carbonyl (C=O) groups excluding carboxylic acids is 1. The minimum Gasteiger partial charge on any atom is -0.493 e. The van der Waals surface area contributed by atoms with Crippen LogP contribution in [0.1, 0.15) is 36.5 Å². The van der Waals surface area contributed by atoms with Gasteiger partial charge in [-0.2, -0.15) is 0 Å². The van der Waals surface area contributed by atoms with Crippen LogP contribution in [0.3, 0.4) is 0 Å². The molecule has 0 aliphatic heterocycles. The van der Waals surface area contributed by atoms with Gasteiger partial charge in [0.1, 0.15) is 5.75 Å². The predicted octanol–water partition coefficient (Wildman–Crippen LogP) is 5.97. The Kier molecular flexibility index (Phi) is 7.28. The van der Waals surface area contributed by atoms with Gasteiger partial charge in [0.2, 0.25) is 0 Å². The van der Waals surface area contributed by atoms with Crippen molar-refractivity contribution >= 4 is 18.1 Å². The summed E-state index contributed by atoms with van der Waals surface area (Å²) in [7, 11) is 1.55. The van der Waals surface area contributed by atoms with Crippen molar-refractivity contribution in [2.75, 3.05) is 13.7 Å². The maximum atomic E-state index is 12.2. The van der Waals surface area contributed by atoms with E-state index in [-0.39, 0.29) is 6.61 Å². The molecule has 3 aromatic carbocycles. The molecule has 30 heavy (non-hydrogen) atoms. The summed E-state index contributed by atoms with van der Waals surface area (Å²) in [6.45, 7) is 4.08. The molecule has 0 spiro atoms. The van der Waals surface area contributed by atoms with Crippen molar-refractivity contribution in [3.05, 3.63) is 89.5 Å². The molecule has 0 unspecified atom stereocenters. The largest absolute Gasteiger partial charge is 0.493 e. The topological polar surface area (TPSA) is 44.8 Å². The Morgan fingerprint density at radius 2 is 1.57 bits per heavy atom. The second kappa shape index (κ2) is 10.3. The SMILES string of the molecule is COc1cc(C=Cc2ccccc2)ccc1OC(=O)COc1ccc(C(C)C)cc1. The normalized spacial score (nSPS) is 10.9. The van der Waals surface area contributed by atoms with Crippen molar-refractivity contribution in [1.82, 2.24) is 0 Å². The third-order valence-electron chi connectivity index (χ3n) is 4.58. The van der Waals surface area contributed by atoms with E-state index < -0.39 is 5.97 Å². The molecule has 0 atom stereocenters. The zero-order chi connectivity index (χ0) is 21.3. The van der Waals surface area contributed by atoms with Gasteiger partial charge < -0.3 is 14.2 Å². The summed E-state index contributed by atoms with van der Waals surface area (Å²) in [5.74, 6) is 1.43. The highest BCUT2D eigenvalue weighted by molar-refractivity contribution is 5.76. The van der Waals surface area contributed by atoms with E-state index >= 15 is 0 Å². The van der Waals surface area contributed by atoms with Crippen molar-refractivity contribution in [2.24, 2.45) is 0 Å². The lowest BCUT2D eigenvalue weighted by molar-refractivity contribution is -0.136. The van der Waals surface area contributed by atoms with Crippen molar-refractivity contribution < 1.29 is 19.0 Å². The van der Waals surface area contributed by atoms with Crippen LogP contribution < -0.4 is 14.2 Å². The third kappa shape index (κ3) is 5.98. The molecule has 0 N–H and O–H groups in total. The highest BCUT2D eigenvalue weighted by Crippen LogP contribution is 2.29. The van der Waals surface area contributed by atoms with E-state index in [1.807, 2.05) is 78.9 Å². The molecule has 4 nitrogen and oxygen atoms in total. The summed E-state index contributed by atoms with van der Waals surface area (Å²) in [6, 6.07) is 23.1. The molecule has 4 heteroatoms. The molecule has 3 rings (SSSR count). The molecule has 0 aliphatic carbocycles. The minimum atomic E-state index is -0.492. The number of rotatable bonds is 8. The molecule has 0 bridgehead atoms. The van der Waals surface area contributed by atoms with Gasteiger partial charge in [-0.3, -0.25) is 0 Å². The fourth-order valence-electron chi connectivity index (χ4n) is 2.87. The molecule has 0 saturated carbocycles. The van der Waals surface area contributed by atoms with Gasteiger partial charge in [0.05, 0.1) is 7.11 Å². The van der Waals surface area contributed by atoms with Gasteiger partial charge in [-0.15, -0.1) is 0 Å². The van der Waals surface area contributed by atoms with E-state index in [2.05, 4.69) is 13.8 Å². The maximum Gasteiger partial charge on any atom is 0.349 e. The zero-order valence-electron chi connectivity index (χ0n) is 17.5. The highest BCUT2D eigenvalue weighted by atomic mass is 16.6. The fourth-order valence-corrected chi connectivity index (χ4v) is 2.87. The van der Waals surface area contributed by atoms with Gasteiger partial charge in [-0.05, 0) is 46.9 Å². The Hall–Kier alpha value is -3.53. The molecule has 0 aromatic heterocycles. The smallest absolute Gasteiger partial charge is 0.349 e. The van der Waals surface area contributed by atoms with Crippen LogP contribution in [0, 0.1) is 0 Å². The number of hydrogen-bond acceptors (Lipinski definition) is 4. The molecule has 154 valence electrons. The number of hydrogen-bond donors (Lipinski definition) is 0. The molecular formula is C26H26O4. The van der Waals surface area contributed by atoms with Gasteiger partial charge in [0.25, 0.3) is 0 Å². The van der Waals surface area contributed by atoms with Crippen LogP contribution >= 0.6 is 0 Å². The average molecular weight is 402 g/mol. The van der Waals surface area contributed by atoms with E-state index in [1.165, 1.54) is 5.56 Å². The first-order chi connectivity index (χ1) is 14.5. The van der Waals surface area contributed by atoms with Gasteiger partial charge in [0, 0.05) is 0 Å². The zero-order valence-corrected chi connectivity index (χ0v) is 17.5. The summed E-state index contributed by atoms with van der Waals surface area (Å²) < 4.78 is 16.3. The number of esters is 1. The lowest BCUT2D eigenvalue weighted by Crippen LogP contribution is -2.18. The average Bonchev–Trinajstić information content (AvgIpc) is 2.78. The quantitative estimate of drug-likeness (QED) is 0.264. The first kappa shape index (κ1) is 21.2. The predicted molar refractivity (Wildman–Crippen MR) is 120 cm³/mol. The second-order valence-corrected chi connectivity index (χ2v) is 7.14. The third-order valence-corrected chi connectivity index (χ3v) is 4.58. The summed E-state index contributed by atoms with van der Waals surface area (Å²) in [5, 5.41) is 0. The van der Waals surface area contributed by atoms with Crippen LogP contribution in [-0.4, -0.2) is 19.7 Å². The van der Waals surface area contributed by atoms with Crippen molar-refractivity contribution in [1.29, 1.82) is 0 Å². The summed E-state index contributed by atoms with van der Waals surface area (Å²) in [5.41, 5.74) is 3.26. The van der Waals surface area contributed by atoms with Crippen LogP contribution in [0.4, 0.5) is 0 Å². The first-order valence-electron chi connectivity index (χ1n) is 9.90. The number of methoxy groups -OCH3 is 1. The Balaban J connectivity index is 1.59. The van der Waals surface area contributed by atoms with Crippen LogP contribution in [0.5, 0.6) is 17.2 Å².